The molecule has 0 aliphatic carbocycles. The lowest BCUT2D eigenvalue weighted by Crippen LogP contribution is -2.49. The Morgan fingerprint density at radius 1 is 1.10 bits per heavy atom. The van der Waals surface area contributed by atoms with Crippen LogP contribution in [0.25, 0.3) is 10.8 Å². The number of nitrogens with zero attached hydrogens (tertiary/aromatic N) is 4. The van der Waals surface area contributed by atoms with Crippen LogP contribution in [-0.4, -0.2) is 58.6 Å². The SMILES string of the molecule is Cc1noc(CN2CCN(CC(=O)NC(C)c3cccc4ccccc34)CC2)n1. The number of amides is 1. The largest absolute Gasteiger partial charge is 0.348 e. The van der Waals surface area contributed by atoms with Gasteiger partial charge in [0, 0.05) is 26.2 Å². The highest BCUT2D eigenvalue weighted by molar-refractivity contribution is 5.87. The summed E-state index contributed by atoms with van der Waals surface area (Å²) in [5.74, 6) is 1.37. The standard InChI is InChI=1S/C22H27N5O2/c1-16(19-9-5-7-18-6-3-4-8-20(18)19)23-21(28)14-26-10-12-27(13-11-26)15-22-24-17(2)25-29-22/h3-9,16H,10-15H2,1-2H3,(H,23,28). The molecule has 7 heteroatoms. The zero-order chi connectivity index (χ0) is 20.2. The van der Waals surface area contributed by atoms with Gasteiger partial charge in [-0.15, -0.1) is 0 Å². The van der Waals surface area contributed by atoms with Gasteiger partial charge >= 0.3 is 0 Å². The molecule has 1 saturated heterocycles. The van der Waals surface area contributed by atoms with E-state index in [1.54, 1.807) is 0 Å². The van der Waals surface area contributed by atoms with Gasteiger partial charge in [-0.1, -0.05) is 47.6 Å². The second kappa shape index (κ2) is 8.71. The maximum atomic E-state index is 12.6. The molecule has 29 heavy (non-hydrogen) atoms. The molecule has 2 aromatic carbocycles. The Labute approximate surface area is 170 Å². The zero-order valence-electron chi connectivity index (χ0n) is 17.0. The molecule has 3 aromatic rings. The van der Waals surface area contributed by atoms with Gasteiger partial charge in [0.25, 0.3) is 0 Å². The predicted molar refractivity (Wildman–Crippen MR) is 111 cm³/mol. The third-order valence-corrected chi connectivity index (χ3v) is 5.43. The topological polar surface area (TPSA) is 74.5 Å². The Balaban J connectivity index is 1.28. The van der Waals surface area contributed by atoms with Crippen LogP contribution in [0, 0.1) is 6.92 Å². The van der Waals surface area contributed by atoms with E-state index in [2.05, 4.69) is 49.5 Å². The summed E-state index contributed by atoms with van der Waals surface area (Å²) in [4.78, 5) is 21.3. The van der Waals surface area contributed by atoms with Crippen molar-refractivity contribution in [2.75, 3.05) is 32.7 Å². The van der Waals surface area contributed by atoms with E-state index in [0.29, 0.717) is 24.8 Å². The molecule has 1 unspecified atom stereocenters. The summed E-state index contributed by atoms with van der Waals surface area (Å²) >= 11 is 0. The number of aryl methyl sites for hydroxylation is 1. The Morgan fingerprint density at radius 3 is 2.59 bits per heavy atom. The zero-order valence-corrected chi connectivity index (χ0v) is 17.0. The smallest absolute Gasteiger partial charge is 0.240 e. The molecular formula is C22H27N5O2. The monoisotopic (exact) mass is 393 g/mol. The molecule has 4 rings (SSSR count). The first-order chi connectivity index (χ1) is 14.1. The van der Waals surface area contributed by atoms with E-state index in [1.165, 1.54) is 10.8 Å². The number of piperazine rings is 1. The third kappa shape index (κ3) is 4.81. The summed E-state index contributed by atoms with van der Waals surface area (Å²) in [6, 6.07) is 14.5. The van der Waals surface area contributed by atoms with Crippen molar-refractivity contribution in [2.24, 2.45) is 0 Å². The number of carbonyl (C=O) groups is 1. The van der Waals surface area contributed by atoms with Crippen molar-refractivity contribution in [1.29, 1.82) is 0 Å². The van der Waals surface area contributed by atoms with Gasteiger partial charge in [0.15, 0.2) is 5.82 Å². The number of carbonyl (C=O) groups excluding carboxylic acids is 1. The fourth-order valence-electron chi connectivity index (χ4n) is 3.90. The lowest BCUT2D eigenvalue weighted by atomic mass is 10.00. The molecule has 1 atom stereocenters. The van der Waals surface area contributed by atoms with Crippen LogP contribution in [0.15, 0.2) is 47.0 Å². The van der Waals surface area contributed by atoms with Crippen LogP contribution < -0.4 is 5.32 Å². The van der Waals surface area contributed by atoms with E-state index in [1.807, 2.05) is 32.0 Å². The number of benzene rings is 2. The average molecular weight is 393 g/mol. The number of hydrogen-bond acceptors (Lipinski definition) is 6. The van der Waals surface area contributed by atoms with Gasteiger partial charge in [-0.05, 0) is 30.2 Å². The van der Waals surface area contributed by atoms with Crippen molar-refractivity contribution in [2.45, 2.75) is 26.4 Å². The van der Waals surface area contributed by atoms with Gasteiger partial charge in [0.2, 0.25) is 11.8 Å². The molecular weight excluding hydrogens is 366 g/mol. The summed E-state index contributed by atoms with van der Waals surface area (Å²) in [6.45, 7) is 8.42. The Hall–Kier alpha value is -2.77. The van der Waals surface area contributed by atoms with Gasteiger partial charge in [-0.3, -0.25) is 14.6 Å². The van der Waals surface area contributed by atoms with E-state index in [9.17, 15) is 4.79 Å². The fourth-order valence-corrected chi connectivity index (χ4v) is 3.90. The molecule has 152 valence electrons. The molecule has 1 aromatic heterocycles. The molecule has 1 fully saturated rings. The highest BCUT2D eigenvalue weighted by atomic mass is 16.5. The van der Waals surface area contributed by atoms with E-state index >= 15 is 0 Å². The van der Waals surface area contributed by atoms with E-state index < -0.39 is 0 Å². The summed E-state index contributed by atoms with van der Waals surface area (Å²) in [5, 5.41) is 9.37. The summed E-state index contributed by atoms with van der Waals surface area (Å²) in [6.07, 6.45) is 0. The third-order valence-electron chi connectivity index (χ3n) is 5.43. The van der Waals surface area contributed by atoms with Crippen molar-refractivity contribution < 1.29 is 9.32 Å². The molecule has 1 aliphatic rings. The second-order valence-corrected chi connectivity index (χ2v) is 7.65. The van der Waals surface area contributed by atoms with Gasteiger partial charge in [0.05, 0.1) is 19.1 Å². The van der Waals surface area contributed by atoms with Crippen LogP contribution in [0.5, 0.6) is 0 Å². The van der Waals surface area contributed by atoms with E-state index in [0.717, 1.165) is 31.7 Å². The fraction of sp³-hybridized carbons (Fsp3) is 0.409. The van der Waals surface area contributed by atoms with Crippen molar-refractivity contribution in [3.63, 3.8) is 0 Å². The minimum Gasteiger partial charge on any atom is -0.348 e. The lowest BCUT2D eigenvalue weighted by molar-refractivity contribution is -0.123. The van der Waals surface area contributed by atoms with Crippen molar-refractivity contribution in [1.82, 2.24) is 25.3 Å². The molecule has 0 saturated carbocycles. The van der Waals surface area contributed by atoms with Crippen LogP contribution in [0.3, 0.4) is 0 Å². The van der Waals surface area contributed by atoms with Crippen LogP contribution >= 0.6 is 0 Å². The van der Waals surface area contributed by atoms with Crippen molar-refractivity contribution in [3.05, 3.63) is 59.7 Å². The first-order valence-corrected chi connectivity index (χ1v) is 10.1. The van der Waals surface area contributed by atoms with Crippen LogP contribution in [-0.2, 0) is 11.3 Å². The molecule has 2 heterocycles. The quantitative estimate of drug-likeness (QED) is 0.694. The summed E-state index contributed by atoms with van der Waals surface area (Å²) in [5.41, 5.74) is 1.15. The van der Waals surface area contributed by atoms with Gasteiger partial charge in [0.1, 0.15) is 0 Å². The van der Waals surface area contributed by atoms with Gasteiger partial charge in [-0.2, -0.15) is 4.98 Å². The average Bonchev–Trinajstić information content (AvgIpc) is 3.13. The minimum atomic E-state index is -0.0318. The van der Waals surface area contributed by atoms with E-state index in [4.69, 9.17) is 4.52 Å². The lowest BCUT2D eigenvalue weighted by Gasteiger charge is -2.33. The first-order valence-electron chi connectivity index (χ1n) is 10.1. The molecule has 7 nitrogen and oxygen atoms in total. The van der Waals surface area contributed by atoms with Crippen LogP contribution in [0.4, 0.5) is 0 Å². The Morgan fingerprint density at radius 2 is 1.83 bits per heavy atom. The summed E-state index contributed by atoms with van der Waals surface area (Å²) in [7, 11) is 0. The highest BCUT2D eigenvalue weighted by Crippen LogP contribution is 2.24. The Bertz CT molecular complexity index is 973. The number of hydrogen-bond donors (Lipinski definition) is 1. The molecule has 0 bridgehead atoms. The number of aromatic nitrogens is 2. The highest BCUT2D eigenvalue weighted by Gasteiger charge is 2.21. The normalized spacial score (nSPS) is 16.8. The maximum absolute atomic E-state index is 12.6. The van der Waals surface area contributed by atoms with Gasteiger partial charge in [-0.25, -0.2) is 0 Å². The summed E-state index contributed by atoms with van der Waals surface area (Å²) < 4.78 is 5.19. The van der Waals surface area contributed by atoms with Gasteiger partial charge < -0.3 is 9.84 Å². The first kappa shape index (κ1) is 19.5. The molecule has 1 amide bonds. The molecule has 1 aliphatic heterocycles. The molecule has 0 radical (unpaired) electrons. The van der Waals surface area contributed by atoms with Crippen LogP contribution in [0.1, 0.15) is 30.2 Å². The maximum Gasteiger partial charge on any atom is 0.240 e. The molecule has 0 spiro atoms. The van der Waals surface area contributed by atoms with E-state index in [-0.39, 0.29) is 11.9 Å². The predicted octanol–water partition coefficient (Wildman–Crippen LogP) is 2.53. The minimum absolute atomic E-state index is 0.0318. The number of nitrogens with one attached hydrogen (secondary N) is 1. The number of rotatable bonds is 6. The molecule has 1 N–H and O–H groups in total. The van der Waals surface area contributed by atoms with Crippen molar-refractivity contribution in [3.8, 4) is 0 Å². The second-order valence-electron chi connectivity index (χ2n) is 7.65. The van der Waals surface area contributed by atoms with Crippen LogP contribution in [0.2, 0.25) is 0 Å². The van der Waals surface area contributed by atoms with Crippen molar-refractivity contribution >= 4 is 16.7 Å². The number of fused-ring (bicyclic) bond motifs is 1. The Kier molecular flexibility index (Phi) is 5.87.